The van der Waals surface area contributed by atoms with Crippen LogP contribution >= 0.6 is 11.6 Å². The molecule has 0 aliphatic carbocycles. The van der Waals surface area contributed by atoms with E-state index in [1.54, 1.807) is 49.1 Å². The van der Waals surface area contributed by atoms with Crippen LogP contribution in [0, 0.1) is 0 Å². The van der Waals surface area contributed by atoms with Crippen LogP contribution in [-0.2, 0) is 10.0 Å². The van der Waals surface area contributed by atoms with Gasteiger partial charge in [0.25, 0.3) is 10.0 Å². The summed E-state index contributed by atoms with van der Waals surface area (Å²) in [6, 6.07) is 19.4. The SMILES string of the molecule is O=S(=O)(Nc1cc(-c2ccc3nccc(-c4ccnnc4)c3c2)cnc1Cl)c1ccccc1. The second-order valence-electron chi connectivity index (χ2n) is 7.20. The van der Waals surface area contributed by atoms with Crippen LogP contribution in [0.15, 0.2) is 96.4 Å². The molecule has 33 heavy (non-hydrogen) atoms. The van der Waals surface area contributed by atoms with Crippen molar-refractivity contribution in [1.29, 1.82) is 0 Å². The first kappa shape index (κ1) is 21.0. The molecule has 0 amide bonds. The molecule has 0 aliphatic heterocycles. The Morgan fingerprint density at radius 2 is 1.61 bits per heavy atom. The molecular weight excluding hydrogens is 458 g/mol. The van der Waals surface area contributed by atoms with Crippen LogP contribution in [0.5, 0.6) is 0 Å². The van der Waals surface area contributed by atoms with Gasteiger partial charge in [0.15, 0.2) is 5.15 Å². The Hall–Kier alpha value is -3.88. The van der Waals surface area contributed by atoms with E-state index in [0.29, 0.717) is 5.56 Å². The molecule has 0 atom stereocenters. The van der Waals surface area contributed by atoms with Gasteiger partial charge in [-0.1, -0.05) is 35.9 Å². The molecule has 0 saturated heterocycles. The Balaban J connectivity index is 1.57. The third-order valence-corrected chi connectivity index (χ3v) is 6.79. The van der Waals surface area contributed by atoms with E-state index < -0.39 is 10.0 Å². The fraction of sp³-hybridized carbons (Fsp3) is 0. The van der Waals surface area contributed by atoms with Crippen molar-refractivity contribution in [3.63, 3.8) is 0 Å². The van der Waals surface area contributed by atoms with Crippen molar-refractivity contribution in [3.05, 3.63) is 96.7 Å². The molecule has 1 N–H and O–H groups in total. The molecule has 3 heterocycles. The van der Waals surface area contributed by atoms with E-state index in [1.807, 2.05) is 30.3 Å². The number of anilines is 1. The summed E-state index contributed by atoms with van der Waals surface area (Å²) < 4.78 is 28.1. The van der Waals surface area contributed by atoms with Gasteiger partial charge in [-0.3, -0.25) is 9.71 Å². The van der Waals surface area contributed by atoms with Crippen LogP contribution in [0.4, 0.5) is 5.69 Å². The Morgan fingerprint density at radius 3 is 2.39 bits per heavy atom. The summed E-state index contributed by atoms with van der Waals surface area (Å²) in [6.07, 6.45) is 6.69. The maximum absolute atomic E-state index is 12.8. The normalized spacial score (nSPS) is 11.4. The number of hydrogen-bond donors (Lipinski definition) is 1. The fourth-order valence-corrected chi connectivity index (χ4v) is 4.79. The van der Waals surface area contributed by atoms with Crippen LogP contribution < -0.4 is 4.72 Å². The number of benzene rings is 2. The van der Waals surface area contributed by atoms with E-state index >= 15 is 0 Å². The van der Waals surface area contributed by atoms with Gasteiger partial charge in [0, 0.05) is 28.9 Å². The maximum atomic E-state index is 12.8. The molecule has 5 aromatic rings. The minimum absolute atomic E-state index is 0.0595. The van der Waals surface area contributed by atoms with Gasteiger partial charge < -0.3 is 0 Å². The van der Waals surface area contributed by atoms with Crippen molar-refractivity contribution < 1.29 is 8.42 Å². The first-order valence-electron chi connectivity index (χ1n) is 9.91. The van der Waals surface area contributed by atoms with Gasteiger partial charge >= 0.3 is 0 Å². The predicted molar refractivity (Wildman–Crippen MR) is 128 cm³/mol. The largest absolute Gasteiger partial charge is 0.276 e. The highest BCUT2D eigenvalue weighted by atomic mass is 35.5. The summed E-state index contributed by atoms with van der Waals surface area (Å²) in [5.41, 5.74) is 4.43. The highest BCUT2D eigenvalue weighted by molar-refractivity contribution is 7.92. The number of nitrogens with zero attached hydrogens (tertiary/aromatic N) is 4. The highest BCUT2D eigenvalue weighted by Gasteiger charge is 2.17. The minimum Gasteiger partial charge on any atom is -0.276 e. The molecule has 0 aliphatic rings. The lowest BCUT2D eigenvalue weighted by Gasteiger charge is -2.12. The van der Waals surface area contributed by atoms with Gasteiger partial charge in [-0.2, -0.15) is 10.2 Å². The van der Waals surface area contributed by atoms with Crippen molar-refractivity contribution in [2.24, 2.45) is 0 Å². The highest BCUT2D eigenvalue weighted by Crippen LogP contribution is 2.33. The number of sulfonamides is 1. The molecule has 7 nitrogen and oxygen atoms in total. The number of fused-ring (bicyclic) bond motifs is 1. The molecule has 0 unspecified atom stereocenters. The van der Waals surface area contributed by atoms with Crippen molar-refractivity contribution in [3.8, 4) is 22.3 Å². The molecule has 0 fully saturated rings. The second-order valence-corrected chi connectivity index (χ2v) is 9.24. The first-order chi connectivity index (χ1) is 16.0. The van der Waals surface area contributed by atoms with E-state index in [4.69, 9.17) is 11.6 Å². The van der Waals surface area contributed by atoms with Crippen molar-refractivity contribution in [2.45, 2.75) is 4.90 Å². The van der Waals surface area contributed by atoms with Crippen LogP contribution in [-0.4, -0.2) is 28.6 Å². The van der Waals surface area contributed by atoms with Crippen molar-refractivity contribution in [2.75, 3.05) is 4.72 Å². The van der Waals surface area contributed by atoms with Gasteiger partial charge in [0.1, 0.15) is 0 Å². The van der Waals surface area contributed by atoms with Crippen LogP contribution in [0.1, 0.15) is 0 Å². The van der Waals surface area contributed by atoms with Gasteiger partial charge in [-0.15, -0.1) is 0 Å². The van der Waals surface area contributed by atoms with Gasteiger partial charge in [0.05, 0.1) is 28.5 Å². The number of aromatic nitrogens is 4. The lowest BCUT2D eigenvalue weighted by molar-refractivity contribution is 0.601. The quantitative estimate of drug-likeness (QED) is 0.352. The van der Waals surface area contributed by atoms with Gasteiger partial charge in [-0.05, 0) is 53.6 Å². The smallest absolute Gasteiger partial charge is 0.261 e. The molecular formula is C24H16ClN5O2S. The molecule has 3 aromatic heterocycles. The summed E-state index contributed by atoms with van der Waals surface area (Å²) in [5.74, 6) is 0. The molecule has 9 heteroatoms. The van der Waals surface area contributed by atoms with E-state index in [0.717, 1.165) is 27.6 Å². The Morgan fingerprint density at radius 1 is 0.758 bits per heavy atom. The number of nitrogens with one attached hydrogen (secondary N) is 1. The van der Waals surface area contributed by atoms with E-state index in [-0.39, 0.29) is 15.7 Å². The molecule has 162 valence electrons. The third kappa shape index (κ3) is 4.26. The average Bonchev–Trinajstić information content (AvgIpc) is 2.85. The Kier molecular flexibility index (Phi) is 5.45. The molecule has 5 rings (SSSR count). The van der Waals surface area contributed by atoms with E-state index in [2.05, 4.69) is 24.9 Å². The van der Waals surface area contributed by atoms with Gasteiger partial charge in [0.2, 0.25) is 0 Å². The zero-order valence-corrected chi connectivity index (χ0v) is 18.6. The zero-order chi connectivity index (χ0) is 22.8. The number of pyridine rings is 2. The second kappa shape index (κ2) is 8.57. The molecule has 0 radical (unpaired) electrons. The first-order valence-corrected chi connectivity index (χ1v) is 11.8. The van der Waals surface area contributed by atoms with E-state index in [1.165, 1.54) is 12.1 Å². The maximum Gasteiger partial charge on any atom is 0.261 e. The monoisotopic (exact) mass is 473 g/mol. The standard InChI is InChI=1S/C24H16ClN5O2S/c25-24-23(30-33(31,32)19-4-2-1-3-5-19)13-18(14-27-24)16-6-7-22-21(12-16)20(9-10-26-22)17-8-11-28-29-15-17/h1-15,30H. The van der Waals surface area contributed by atoms with Crippen LogP contribution in [0.2, 0.25) is 5.15 Å². The molecule has 2 aromatic carbocycles. The minimum atomic E-state index is -3.81. The number of halogens is 1. The van der Waals surface area contributed by atoms with Crippen molar-refractivity contribution in [1.82, 2.24) is 20.2 Å². The summed E-state index contributed by atoms with van der Waals surface area (Å²) in [6.45, 7) is 0. The summed E-state index contributed by atoms with van der Waals surface area (Å²) in [7, 11) is -3.81. The number of rotatable bonds is 5. The summed E-state index contributed by atoms with van der Waals surface area (Å²) >= 11 is 6.22. The van der Waals surface area contributed by atoms with Crippen LogP contribution in [0.25, 0.3) is 33.2 Å². The van der Waals surface area contributed by atoms with Gasteiger partial charge in [-0.25, -0.2) is 13.4 Å². The molecule has 0 spiro atoms. The summed E-state index contributed by atoms with van der Waals surface area (Å²) in [4.78, 5) is 8.79. The van der Waals surface area contributed by atoms with E-state index in [9.17, 15) is 8.42 Å². The molecule has 0 bridgehead atoms. The lowest BCUT2D eigenvalue weighted by Crippen LogP contribution is -2.13. The molecule has 0 saturated carbocycles. The van der Waals surface area contributed by atoms with Crippen molar-refractivity contribution >= 4 is 38.2 Å². The lowest BCUT2D eigenvalue weighted by atomic mass is 9.99. The summed E-state index contributed by atoms with van der Waals surface area (Å²) in [5, 5.41) is 8.79. The van der Waals surface area contributed by atoms with Crippen LogP contribution in [0.3, 0.4) is 0 Å². The predicted octanol–water partition coefficient (Wildman–Crippen LogP) is 5.21. The Bertz CT molecular complexity index is 1560. The number of hydrogen-bond acceptors (Lipinski definition) is 6. The Labute approximate surface area is 195 Å². The average molecular weight is 474 g/mol. The fourth-order valence-electron chi connectivity index (χ4n) is 3.51. The zero-order valence-electron chi connectivity index (χ0n) is 17.1. The topological polar surface area (TPSA) is 97.7 Å². The third-order valence-electron chi connectivity index (χ3n) is 5.11.